The summed E-state index contributed by atoms with van der Waals surface area (Å²) >= 11 is 0. The Bertz CT molecular complexity index is 397. The van der Waals surface area contributed by atoms with E-state index in [1.54, 1.807) is 4.31 Å². The molecule has 1 heterocycles. The van der Waals surface area contributed by atoms with E-state index in [-0.39, 0.29) is 6.04 Å². The molecule has 1 aliphatic carbocycles. The summed E-state index contributed by atoms with van der Waals surface area (Å²) in [5.74, 6) is 1.27. The molecule has 0 aromatic rings. The van der Waals surface area contributed by atoms with Crippen LogP contribution in [0.15, 0.2) is 0 Å². The smallest absolute Gasteiger partial charge is 0.279 e. The number of nitrogens with zero attached hydrogens (tertiary/aromatic N) is 1. The van der Waals surface area contributed by atoms with Gasteiger partial charge in [0.05, 0.1) is 0 Å². The second-order valence-corrected chi connectivity index (χ2v) is 8.16. The van der Waals surface area contributed by atoms with Crippen molar-refractivity contribution >= 4 is 10.2 Å². The van der Waals surface area contributed by atoms with Gasteiger partial charge < -0.3 is 5.32 Å². The predicted octanol–water partition coefficient (Wildman–Crippen LogP) is 1.33. The maximum Gasteiger partial charge on any atom is 0.279 e. The van der Waals surface area contributed by atoms with Crippen molar-refractivity contribution in [3.8, 4) is 0 Å². The number of piperidine rings is 1. The zero-order valence-corrected chi connectivity index (χ0v) is 13.6. The fourth-order valence-electron chi connectivity index (χ4n) is 3.55. The lowest BCUT2D eigenvalue weighted by molar-refractivity contribution is 0.245. The van der Waals surface area contributed by atoms with Gasteiger partial charge in [0.2, 0.25) is 0 Å². The molecule has 2 rings (SSSR count). The van der Waals surface area contributed by atoms with Crippen LogP contribution in [0.5, 0.6) is 0 Å². The second-order valence-electron chi connectivity index (χ2n) is 6.46. The Morgan fingerprint density at radius 3 is 2.60 bits per heavy atom. The highest BCUT2D eigenvalue weighted by Crippen LogP contribution is 2.30. The van der Waals surface area contributed by atoms with Gasteiger partial charge in [-0.3, -0.25) is 0 Å². The molecule has 0 spiro atoms. The van der Waals surface area contributed by atoms with Gasteiger partial charge in [0, 0.05) is 25.7 Å². The topological polar surface area (TPSA) is 61.4 Å². The van der Waals surface area contributed by atoms with Crippen LogP contribution in [0.4, 0.5) is 0 Å². The molecule has 0 radical (unpaired) electrons. The molecule has 3 unspecified atom stereocenters. The minimum atomic E-state index is -3.32. The van der Waals surface area contributed by atoms with Gasteiger partial charge in [-0.2, -0.15) is 12.7 Å². The van der Waals surface area contributed by atoms with E-state index in [2.05, 4.69) is 17.0 Å². The van der Waals surface area contributed by atoms with Crippen molar-refractivity contribution in [1.29, 1.82) is 0 Å². The molecule has 0 bridgehead atoms. The molecule has 1 saturated carbocycles. The second kappa shape index (κ2) is 7.20. The summed E-state index contributed by atoms with van der Waals surface area (Å²) in [5.41, 5.74) is 0. The summed E-state index contributed by atoms with van der Waals surface area (Å²) < 4.78 is 29.5. The van der Waals surface area contributed by atoms with Crippen LogP contribution in [0, 0.1) is 11.8 Å². The van der Waals surface area contributed by atoms with Gasteiger partial charge in [0.1, 0.15) is 0 Å². The summed E-state index contributed by atoms with van der Waals surface area (Å²) in [6.07, 6.45) is 6.60. The van der Waals surface area contributed by atoms with Gasteiger partial charge in [-0.15, -0.1) is 0 Å². The molecule has 1 saturated heterocycles. The predicted molar refractivity (Wildman–Crippen MR) is 81.7 cm³/mol. The van der Waals surface area contributed by atoms with Gasteiger partial charge >= 0.3 is 0 Å². The average Bonchev–Trinajstić information content (AvgIpc) is 2.83. The zero-order valence-electron chi connectivity index (χ0n) is 12.8. The van der Waals surface area contributed by atoms with Crippen LogP contribution in [0.1, 0.15) is 45.4 Å². The first-order valence-corrected chi connectivity index (χ1v) is 9.38. The minimum absolute atomic E-state index is 0.105. The van der Waals surface area contributed by atoms with Gasteiger partial charge in [0.15, 0.2) is 0 Å². The maximum atomic E-state index is 12.5. The van der Waals surface area contributed by atoms with E-state index in [0.717, 1.165) is 44.6 Å². The lowest BCUT2D eigenvalue weighted by atomic mass is 10.1. The van der Waals surface area contributed by atoms with E-state index in [4.69, 9.17) is 0 Å². The van der Waals surface area contributed by atoms with Crippen LogP contribution in [0.25, 0.3) is 0 Å². The van der Waals surface area contributed by atoms with Crippen molar-refractivity contribution < 1.29 is 8.42 Å². The molecule has 6 heteroatoms. The fourth-order valence-corrected chi connectivity index (χ4v) is 5.10. The van der Waals surface area contributed by atoms with Gasteiger partial charge in [-0.25, -0.2) is 4.72 Å². The Balaban J connectivity index is 1.90. The monoisotopic (exact) mass is 303 g/mol. The van der Waals surface area contributed by atoms with Crippen molar-refractivity contribution in [3.63, 3.8) is 0 Å². The Morgan fingerprint density at radius 2 is 1.95 bits per heavy atom. The molecular weight excluding hydrogens is 274 g/mol. The van der Waals surface area contributed by atoms with Crippen LogP contribution in [0.3, 0.4) is 0 Å². The number of hydrogen-bond donors (Lipinski definition) is 2. The highest BCUT2D eigenvalue weighted by molar-refractivity contribution is 7.87. The van der Waals surface area contributed by atoms with Crippen LogP contribution in [-0.4, -0.2) is 45.4 Å². The summed E-state index contributed by atoms with van der Waals surface area (Å²) in [7, 11) is -1.43. The van der Waals surface area contributed by atoms with E-state index in [9.17, 15) is 8.42 Å². The third-order valence-corrected chi connectivity index (χ3v) is 6.31. The molecule has 2 fully saturated rings. The molecule has 0 aromatic heterocycles. The molecular formula is C14H29N3O2S. The SMILES string of the molecule is CNCC1CCCCN1S(=O)(=O)NCC1CCC(C)C1. The Kier molecular flexibility index (Phi) is 5.84. The molecule has 20 heavy (non-hydrogen) atoms. The highest BCUT2D eigenvalue weighted by Gasteiger charge is 2.32. The van der Waals surface area contributed by atoms with Crippen molar-refractivity contribution in [2.24, 2.45) is 11.8 Å². The maximum absolute atomic E-state index is 12.5. The zero-order chi connectivity index (χ0) is 14.6. The van der Waals surface area contributed by atoms with Crippen molar-refractivity contribution in [3.05, 3.63) is 0 Å². The molecule has 1 aliphatic heterocycles. The lowest BCUT2D eigenvalue weighted by Crippen LogP contribution is -2.52. The molecule has 5 nitrogen and oxygen atoms in total. The van der Waals surface area contributed by atoms with Crippen LogP contribution >= 0.6 is 0 Å². The van der Waals surface area contributed by atoms with Crippen LogP contribution in [0.2, 0.25) is 0 Å². The van der Waals surface area contributed by atoms with Crippen LogP contribution in [-0.2, 0) is 10.2 Å². The average molecular weight is 303 g/mol. The number of nitrogens with one attached hydrogen (secondary N) is 2. The van der Waals surface area contributed by atoms with E-state index in [1.165, 1.54) is 6.42 Å². The fraction of sp³-hybridized carbons (Fsp3) is 1.00. The summed E-state index contributed by atoms with van der Waals surface area (Å²) in [6, 6.07) is 0.105. The quantitative estimate of drug-likeness (QED) is 0.778. The summed E-state index contributed by atoms with van der Waals surface area (Å²) in [6.45, 7) is 4.25. The van der Waals surface area contributed by atoms with E-state index in [0.29, 0.717) is 19.0 Å². The van der Waals surface area contributed by atoms with Crippen molar-refractivity contribution in [2.45, 2.75) is 51.5 Å². The number of rotatable bonds is 6. The Hall–Kier alpha value is -0.170. The minimum Gasteiger partial charge on any atom is -0.318 e. The van der Waals surface area contributed by atoms with Gasteiger partial charge in [-0.1, -0.05) is 19.8 Å². The first-order valence-electron chi connectivity index (χ1n) is 7.94. The lowest BCUT2D eigenvalue weighted by Gasteiger charge is -2.34. The van der Waals surface area contributed by atoms with Crippen molar-refractivity contribution in [2.75, 3.05) is 26.7 Å². The summed E-state index contributed by atoms with van der Waals surface area (Å²) in [5, 5.41) is 3.11. The Labute approximate surface area is 123 Å². The van der Waals surface area contributed by atoms with E-state index < -0.39 is 10.2 Å². The molecule has 2 N–H and O–H groups in total. The summed E-state index contributed by atoms with van der Waals surface area (Å²) in [4.78, 5) is 0. The van der Waals surface area contributed by atoms with Crippen LogP contribution < -0.4 is 10.0 Å². The van der Waals surface area contributed by atoms with E-state index >= 15 is 0 Å². The van der Waals surface area contributed by atoms with Gasteiger partial charge in [-0.05, 0) is 44.6 Å². The third kappa shape index (κ3) is 4.16. The standard InChI is InChI=1S/C14H29N3O2S/c1-12-6-7-13(9-12)10-16-20(18,19)17-8-4-3-5-14(17)11-15-2/h12-16H,3-11H2,1-2H3. The highest BCUT2D eigenvalue weighted by atomic mass is 32.2. The molecule has 2 aliphatic rings. The number of hydrogen-bond acceptors (Lipinski definition) is 3. The molecule has 3 atom stereocenters. The van der Waals surface area contributed by atoms with Crippen molar-refractivity contribution in [1.82, 2.24) is 14.3 Å². The van der Waals surface area contributed by atoms with E-state index in [1.807, 2.05) is 7.05 Å². The first-order chi connectivity index (χ1) is 9.53. The largest absolute Gasteiger partial charge is 0.318 e. The third-order valence-electron chi connectivity index (χ3n) is 4.68. The Morgan fingerprint density at radius 1 is 1.15 bits per heavy atom. The van der Waals surface area contributed by atoms with Gasteiger partial charge in [0.25, 0.3) is 10.2 Å². The molecule has 0 aromatic carbocycles. The molecule has 0 amide bonds. The normalized spacial score (nSPS) is 32.6. The number of likely N-dealkylation sites (N-methyl/N-ethyl adjacent to an activating group) is 1. The molecule has 118 valence electrons. The first kappa shape index (κ1) is 16.2.